The average molecular weight is 341 g/mol. The Kier molecular flexibility index (Phi) is 4.42. The number of hydrogen-bond donors (Lipinski definition) is 0. The van der Waals surface area contributed by atoms with E-state index in [9.17, 15) is 4.79 Å². The maximum Gasteiger partial charge on any atom is 0.260 e. The first kappa shape index (κ1) is 16.1. The molecule has 1 saturated heterocycles. The van der Waals surface area contributed by atoms with Crippen LogP contribution in [0.5, 0.6) is 5.75 Å². The lowest BCUT2D eigenvalue weighted by molar-refractivity contribution is -0.134. The van der Waals surface area contributed by atoms with Crippen LogP contribution in [0.2, 0.25) is 0 Å². The molecule has 0 bridgehead atoms. The zero-order valence-electron chi connectivity index (χ0n) is 14.5. The standard InChI is InChI=1S/C19H23N3O3/c1-13-20-19(25-21-13)16-6-3-9-22(11-16)18(23)12-24-17-8-7-14-4-2-5-15(14)10-17/h7-8,10,16H,2-6,9,11-12H2,1H3/t16-/m1/s1. The van der Waals surface area contributed by atoms with E-state index in [0.717, 1.165) is 38.0 Å². The highest BCUT2D eigenvalue weighted by Crippen LogP contribution is 2.27. The van der Waals surface area contributed by atoms with Crippen LogP contribution in [0.15, 0.2) is 22.7 Å². The zero-order chi connectivity index (χ0) is 17.2. The highest BCUT2D eigenvalue weighted by Gasteiger charge is 2.28. The van der Waals surface area contributed by atoms with Gasteiger partial charge in [0.15, 0.2) is 12.4 Å². The van der Waals surface area contributed by atoms with E-state index in [0.29, 0.717) is 18.3 Å². The third-order valence-electron chi connectivity index (χ3n) is 5.10. The van der Waals surface area contributed by atoms with Crippen molar-refractivity contribution in [1.29, 1.82) is 0 Å². The van der Waals surface area contributed by atoms with Gasteiger partial charge in [-0.15, -0.1) is 0 Å². The maximum atomic E-state index is 12.5. The van der Waals surface area contributed by atoms with Gasteiger partial charge in [0.05, 0.1) is 5.92 Å². The molecular weight excluding hydrogens is 318 g/mol. The van der Waals surface area contributed by atoms with Gasteiger partial charge in [-0.25, -0.2) is 0 Å². The molecule has 1 amide bonds. The van der Waals surface area contributed by atoms with E-state index in [2.05, 4.69) is 22.3 Å². The van der Waals surface area contributed by atoms with Crippen LogP contribution in [0.1, 0.15) is 48.0 Å². The molecule has 0 N–H and O–H groups in total. The number of hydrogen-bond acceptors (Lipinski definition) is 5. The van der Waals surface area contributed by atoms with Crippen LogP contribution < -0.4 is 4.74 Å². The number of rotatable bonds is 4. The molecule has 25 heavy (non-hydrogen) atoms. The molecule has 0 spiro atoms. The van der Waals surface area contributed by atoms with Gasteiger partial charge in [-0.1, -0.05) is 11.2 Å². The number of aryl methyl sites for hydroxylation is 3. The molecule has 0 radical (unpaired) electrons. The number of nitrogens with zero attached hydrogens (tertiary/aromatic N) is 3. The van der Waals surface area contributed by atoms with Crippen molar-refractivity contribution >= 4 is 5.91 Å². The predicted molar refractivity (Wildman–Crippen MR) is 91.6 cm³/mol. The number of amides is 1. The number of likely N-dealkylation sites (tertiary alicyclic amines) is 1. The summed E-state index contributed by atoms with van der Waals surface area (Å²) in [7, 11) is 0. The van der Waals surface area contributed by atoms with Gasteiger partial charge in [0.1, 0.15) is 5.75 Å². The minimum Gasteiger partial charge on any atom is -0.484 e. The highest BCUT2D eigenvalue weighted by molar-refractivity contribution is 5.78. The van der Waals surface area contributed by atoms with Crippen molar-refractivity contribution < 1.29 is 14.1 Å². The number of carbonyl (C=O) groups excluding carboxylic acids is 1. The Morgan fingerprint density at radius 3 is 3.04 bits per heavy atom. The number of ether oxygens (including phenoxy) is 1. The van der Waals surface area contributed by atoms with Crippen molar-refractivity contribution in [3.8, 4) is 5.75 Å². The van der Waals surface area contributed by atoms with Gasteiger partial charge >= 0.3 is 0 Å². The molecule has 1 aromatic heterocycles. The largest absolute Gasteiger partial charge is 0.484 e. The van der Waals surface area contributed by atoms with Gasteiger partial charge in [0, 0.05) is 13.1 Å². The summed E-state index contributed by atoms with van der Waals surface area (Å²) in [6, 6.07) is 6.17. The molecule has 132 valence electrons. The quantitative estimate of drug-likeness (QED) is 0.855. The number of fused-ring (bicyclic) bond motifs is 1. The zero-order valence-corrected chi connectivity index (χ0v) is 14.5. The summed E-state index contributed by atoms with van der Waals surface area (Å²) in [6.45, 7) is 3.27. The van der Waals surface area contributed by atoms with Crippen LogP contribution in [0, 0.1) is 6.92 Å². The summed E-state index contributed by atoms with van der Waals surface area (Å²) in [5, 5.41) is 3.85. The van der Waals surface area contributed by atoms with Gasteiger partial charge in [-0.2, -0.15) is 4.98 Å². The van der Waals surface area contributed by atoms with Crippen LogP contribution in [0.3, 0.4) is 0 Å². The van der Waals surface area contributed by atoms with Crippen LogP contribution in [0.25, 0.3) is 0 Å². The molecule has 2 aromatic rings. The molecular formula is C19H23N3O3. The first-order valence-corrected chi connectivity index (χ1v) is 9.01. The van der Waals surface area contributed by atoms with Crippen molar-refractivity contribution in [3.05, 3.63) is 41.0 Å². The number of benzene rings is 1. The predicted octanol–water partition coefficient (Wildman–Crippen LogP) is 2.65. The number of aromatic nitrogens is 2. The van der Waals surface area contributed by atoms with Crippen molar-refractivity contribution in [2.45, 2.75) is 44.9 Å². The van der Waals surface area contributed by atoms with Crippen molar-refractivity contribution in [3.63, 3.8) is 0 Å². The number of piperidine rings is 1. The van der Waals surface area contributed by atoms with Crippen LogP contribution in [-0.2, 0) is 17.6 Å². The van der Waals surface area contributed by atoms with E-state index in [-0.39, 0.29) is 18.4 Å². The minimum atomic E-state index is 0.0152. The second kappa shape index (κ2) is 6.86. The van der Waals surface area contributed by atoms with Crippen molar-refractivity contribution in [1.82, 2.24) is 15.0 Å². The lowest BCUT2D eigenvalue weighted by Crippen LogP contribution is -2.41. The van der Waals surface area contributed by atoms with Crippen molar-refractivity contribution in [2.24, 2.45) is 0 Å². The first-order chi connectivity index (χ1) is 12.2. The Labute approximate surface area is 147 Å². The Hall–Kier alpha value is -2.37. The molecule has 2 heterocycles. The number of carbonyl (C=O) groups is 1. The third kappa shape index (κ3) is 3.52. The smallest absolute Gasteiger partial charge is 0.260 e. The minimum absolute atomic E-state index is 0.0152. The molecule has 0 unspecified atom stereocenters. The molecule has 6 nitrogen and oxygen atoms in total. The second-order valence-corrected chi connectivity index (χ2v) is 6.93. The molecule has 0 saturated carbocycles. The molecule has 1 aromatic carbocycles. The fourth-order valence-corrected chi connectivity index (χ4v) is 3.76. The Balaban J connectivity index is 1.34. The van der Waals surface area contributed by atoms with Gasteiger partial charge in [0.2, 0.25) is 5.89 Å². The lowest BCUT2D eigenvalue weighted by Gasteiger charge is -2.31. The van der Waals surface area contributed by atoms with E-state index < -0.39 is 0 Å². The van der Waals surface area contributed by atoms with Gasteiger partial charge in [-0.05, 0) is 62.3 Å². The first-order valence-electron chi connectivity index (χ1n) is 9.01. The molecule has 6 heteroatoms. The summed E-state index contributed by atoms with van der Waals surface area (Å²) in [4.78, 5) is 18.7. The molecule has 1 aliphatic carbocycles. The van der Waals surface area contributed by atoms with Gasteiger partial charge in [-0.3, -0.25) is 4.79 Å². The highest BCUT2D eigenvalue weighted by atomic mass is 16.5. The second-order valence-electron chi connectivity index (χ2n) is 6.93. The van der Waals surface area contributed by atoms with E-state index in [1.165, 1.54) is 17.5 Å². The monoisotopic (exact) mass is 341 g/mol. The Bertz CT molecular complexity index is 771. The fraction of sp³-hybridized carbons (Fsp3) is 0.526. The summed E-state index contributed by atoms with van der Waals surface area (Å²) >= 11 is 0. The van der Waals surface area contributed by atoms with Gasteiger partial charge in [0.25, 0.3) is 5.91 Å². The van der Waals surface area contributed by atoms with E-state index in [1.807, 2.05) is 17.9 Å². The summed E-state index contributed by atoms with van der Waals surface area (Å²) in [6.07, 6.45) is 5.38. The third-order valence-corrected chi connectivity index (χ3v) is 5.10. The van der Waals surface area contributed by atoms with E-state index in [1.54, 1.807) is 0 Å². The van der Waals surface area contributed by atoms with Gasteiger partial charge < -0.3 is 14.2 Å². The van der Waals surface area contributed by atoms with Crippen molar-refractivity contribution in [2.75, 3.05) is 19.7 Å². The summed E-state index contributed by atoms with van der Waals surface area (Å²) in [5.41, 5.74) is 2.77. The Morgan fingerprint density at radius 1 is 1.32 bits per heavy atom. The topological polar surface area (TPSA) is 68.5 Å². The normalized spacial score (nSPS) is 19.7. The van der Waals surface area contributed by atoms with Crippen LogP contribution >= 0.6 is 0 Å². The molecule has 1 fully saturated rings. The average Bonchev–Trinajstić information content (AvgIpc) is 3.28. The van der Waals surface area contributed by atoms with Crippen LogP contribution in [0.4, 0.5) is 0 Å². The van der Waals surface area contributed by atoms with E-state index in [4.69, 9.17) is 9.26 Å². The summed E-state index contributed by atoms with van der Waals surface area (Å²) in [5.74, 6) is 2.20. The Morgan fingerprint density at radius 2 is 2.20 bits per heavy atom. The SMILES string of the molecule is Cc1noc([C@@H]2CCCN(C(=O)COc3ccc4c(c3)CCC4)C2)n1. The lowest BCUT2D eigenvalue weighted by atomic mass is 9.98. The molecule has 4 rings (SSSR count). The molecule has 1 aliphatic heterocycles. The fourth-order valence-electron chi connectivity index (χ4n) is 3.76. The van der Waals surface area contributed by atoms with E-state index >= 15 is 0 Å². The van der Waals surface area contributed by atoms with Crippen LogP contribution in [-0.4, -0.2) is 40.6 Å². The maximum absolute atomic E-state index is 12.5. The molecule has 1 atom stereocenters. The summed E-state index contributed by atoms with van der Waals surface area (Å²) < 4.78 is 11.0. The molecule has 2 aliphatic rings.